The lowest BCUT2D eigenvalue weighted by Crippen LogP contribution is -2.47. The van der Waals surface area contributed by atoms with E-state index < -0.39 is 46.0 Å². The van der Waals surface area contributed by atoms with E-state index in [1.165, 1.54) is 4.90 Å². The highest BCUT2D eigenvalue weighted by atomic mass is 19.4. The number of alkyl halides is 3. The molecule has 0 saturated carbocycles. The molecule has 0 amide bonds. The Hall–Kier alpha value is -4.58. The minimum Gasteiger partial charge on any atom is -0.477 e. The number of carboxylic acids is 1. The van der Waals surface area contributed by atoms with Gasteiger partial charge < -0.3 is 24.2 Å². The molecule has 0 aliphatic carbocycles. The van der Waals surface area contributed by atoms with Crippen molar-refractivity contribution in [3.8, 4) is 11.4 Å². The second-order valence-corrected chi connectivity index (χ2v) is 10.5. The van der Waals surface area contributed by atoms with Crippen molar-refractivity contribution in [1.29, 1.82) is 0 Å². The predicted octanol–water partition coefficient (Wildman–Crippen LogP) is 5.90. The van der Waals surface area contributed by atoms with Crippen LogP contribution >= 0.6 is 0 Å². The number of ether oxygens (including phenoxy) is 1. The minimum atomic E-state index is -5.23. The van der Waals surface area contributed by atoms with Crippen molar-refractivity contribution in [3.05, 3.63) is 94.0 Å². The van der Waals surface area contributed by atoms with Crippen LogP contribution in [0.3, 0.4) is 0 Å². The number of carboxylic acid groups (broad SMARTS) is 1. The number of pyridine rings is 1. The summed E-state index contributed by atoms with van der Waals surface area (Å²) in [6.45, 7) is 7.44. The number of hydrogen-bond acceptors (Lipinski definition) is 6. The number of hydrogen-bond donors (Lipinski definition) is 1. The van der Waals surface area contributed by atoms with Crippen molar-refractivity contribution in [2.24, 2.45) is 0 Å². The lowest BCUT2D eigenvalue weighted by atomic mass is 10.1. The number of para-hydroxylation sites is 1. The monoisotopic (exact) mass is 612 g/mol. The molecule has 1 saturated heterocycles. The van der Waals surface area contributed by atoms with E-state index in [1.807, 2.05) is 49.1 Å². The molecule has 1 fully saturated rings. The van der Waals surface area contributed by atoms with E-state index in [1.54, 1.807) is 24.3 Å². The van der Waals surface area contributed by atoms with Gasteiger partial charge in [0.15, 0.2) is 11.6 Å². The van der Waals surface area contributed by atoms with Gasteiger partial charge >= 0.3 is 12.3 Å². The van der Waals surface area contributed by atoms with Gasteiger partial charge in [0.25, 0.3) is 0 Å². The number of benzene rings is 3. The SMILES string of the molecule is CCN(CC)Cc1ccc(-n2cc(C(=O)O)c(=O)c3cc(F)c(N4CCN(c5ccccc5)CC4)c(OC(F)(F)F)c32)cc1. The number of rotatable bonds is 9. The first-order valence-electron chi connectivity index (χ1n) is 14.3. The number of aromatic carboxylic acids is 1. The van der Waals surface area contributed by atoms with Crippen LogP contribution in [-0.4, -0.2) is 66.2 Å². The highest BCUT2D eigenvalue weighted by molar-refractivity contribution is 5.98. The third-order valence-corrected chi connectivity index (χ3v) is 7.85. The Labute approximate surface area is 251 Å². The maximum atomic E-state index is 15.8. The van der Waals surface area contributed by atoms with Crippen LogP contribution in [0.4, 0.5) is 28.9 Å². The van der Waals surface area contributed by atoms with Crippen molar-refractivity contribution in [2.75, 3.05) is 49.1 Å². The first-order valence-corrected chi connectivity index (χ1v) is 14.3. The summed E-state index contributed by atoms with van der Waals surface area (Å²) in [5.41, 5.74) is -0.528. The Morgan fingerprint density at radius 3 is 2.11 bits per heavy atom. The van der Waals surface area contributed by atoms with Crippen LogP contribution in [0.1, 0.15) is 29.8 Å². The highest BCUT2D eigenvalue weighted by Gasteiger charge is 2.37. The topological polar surface area (TPSA) is 78.2 Å². The van der Waals surface area contributed by atoms with Crippen LogP contribution in [0.2, 0.25) is 0 Å². The Kier molecular flexibility index (Phi) is 8.82. The summed E-state index contributed by atoms with van der Waals surface area (Å²) in [7, 11) is 0. The maximum Gasteiger partial charge on any atom is 0.573 e. The summed E-state index contributed by atoms with van der Waals surface area (Å²) in [6, 6.07) is 17.0. The molecule has 2 heterocycles. The molecule has 0 unspecified atom stereocenters. The van der Waals surface area contributed by atoms with Crippen LogP contribution in [0.25, 0.3) is 16.6 Å². The molecule has 8 nitrogen and oxygen atoms in total. The molecule has 0 atom stereocenters. The number of halogens is 4. The lowest BCUT2D eigenvalue weighted by molar-refractivity contribution is -0.274. The number of anilines is 2. The fourth-order valence-electron chi connectivity index (χ4n) is 5.57. The largest absolute Gasteiger partial charge is 0.573 e. The van der Waals surface area contributed by atoms with Gasteiger partial charge in [0, 0.05) is 50.3 Å². The van der Waals surface area contributed by atoms with E-state index in [-0.39, 0.29) is 24.3 Å². The quantitative estimate of drug-likeness (QED) is 0.236. The normalized spacial score (nSPS) is 14.0. The summed E-state index contributed by atoms with van der Waals surface area (Å²) in [6.07, 6.45) is -4.27. The van der Waals surface area contributed by atoms with Gasteiger partial charge in [-0.2, -0.15) is 0 Å². The molecule has 232 valence electrons. The zero-order chi connectivity index (χ0) is 31.6. The van der Waals surface area contributed by atoms with Gasteiger partial charge in [-0.3, -0.25) is 9.69 Å². The molecule has 1 N–H and O–H groups in total. The van der Waals surface area contributed by atoms with Crippen LogP contribution in [0, 0.1) is 5.82 Å². The van der Waals surface area contributed by atoms with Crippen molar-refractivity contribution < 1.29 is 32.2 Å². The third-order valence-electron chi connectivity index (χ3n) is 7.85. The number of aromatic nitrogens is 1. The first-order chi connectivity index (χ1) is 21.0. The average Bonchev–Trinajstić information content (AvgIpc) is 3.00. The number of fused-ring (bicyclic) bond motifs is 1. The Morgan fingerprint density at radius 1 is 0.932 bits per heavy atom. The standard InChI is InChI=1S/C32H32F4N4O4/c1-3-37(4-2)19-21-10-12-23(13-11-21)40-20-25(31(42)43)29(41)24-18-26(33)28(30(27(24)40)44-32(34,35)36)39-16-14-38(15-17-39)22-8-6-5-7-9-22/h5-13,18,20H,3-4,14-17,19H2,1-2H3,(H,42,43). The smallest absolute Gasteiger partial charge is 0.477 e. The molecular weight excluding hydrogens is 580 g/mol. The van der Waals surface area contributed by atoms with Gasteiger partial charge in [-0.25, -0.2) is 9.18 Å². The lowest BCUT2D eigenvalue weighted by Gasteiger charge is -2.38. The van der Waals surface area contributed by atoms with Crippen molar-refractivity contribution >= 4 is 28.2 Å². The fourth-order valence-corrected chi connectivity index (χ4v) is 5.57. The first kappa shape index (κ1) is 30.9. The van der Waals surface area contributed by atoms with Gasteiger partial charge in [0.05, 0.1) is 5.39 Å². The third kappa shape index (κ3) is 6.35. The minimum absolute atomic E-state index is 0.170. The molecule has 1 aliphatic heterocycles. The Bertz CT molecular complexity index is 1700. The van der Waals surface area contributed by atoms with Crippen LogP contribution in [0.15, 0.2) is 71.7 Å². The molecule has 12 heteroatoms. The second kappa shape index (κ2) is 12.6. The van der Waals surface area contributed by atoms with Crippen LogP contribution in [-0.2, 0) is 6.54 Å². The maximum absolute atomic E-state index is 15.8. The average molecular weight is 613 g/mol. The zero-order valence-electron chi connectivity index (χ0n) is 24.3. The summed E-state index contributed by atoms with van der Waals surface area (Å²) < 4.78 is 63.4. The van der Waals surface area contributed by atoms with Gasteiger partial charge in [0.1, 0.15) is 16.8 Å². The number of carbonyl (C=O) groups is 1. The zero-order valence-corrected chi connectivity index (χ0v) is 24.3. The van der Waals surface area contributed by atoms with Crippen LogP contribution in [0.5, 0.6) is 5.75 Å². The molecule has 3 aromatic carbocycles. The van der Waals surface area contributed by atoms with Crippen molar-refractivity contribution in [3.63, 3.8) is 0 Å². The van der Waals surface area contributed by atoms with E-state index in [0.29, 0.717) is 19.6 Å². The summed E-state index contributed by atoms with van der Waals surface area (Å²) in [4.78, 5) is 30.9. The summed E-state index contributed by atoms with van der Waals surface area (Å²) in [5.74, 6) is -3.61. The van der Waals surface area contributed by atoms with Gasteiger partial charge in [-0.1, -0.05) is 44.2 Å². The molecule has 0 spiro atoms. The van der Waals surface area contributed by atoms with E-state index in [2.05, 4.69) is 9.64 Å². The summed E-state index contributed by atoms with van der Waals surface area (Å²) >= 11 is 0. The Balaban J connectivity index is 1.68. The molecule has 1 aromatic heterocycles. The van der Waals surface area contributed by atoms with Gasteiger partial charge in [0.2, 0.25) is 5.43 Å². The van der Waals surface area contributed by atoms with Crippen molar-refractivity contribution in [2.45, 2.75) is 26.8 Å². The molecule has 0 radical (unpaired) electrons. The predicted molar refractivity (Wildman–Crippen MR) is 161 cm³/mol. The van der Waals surface area contributed by atoms with Gasteiger partial charge in [-0.15, -0.1) is 13.2 Å². The molecule has 0 bridgehead atoms. The number of nitrogens with zero attached hydrogens (tertiary/aromatic N) is 4. The van der Waals surface area contributed by atoms with Crippen molar-refractivity contribution in [1.82, 2.24) is 9.47 Å². The van der Waals surface area contributed by atoms with Crippen LogP contribution < -0.4 is 20.0 Å². The second-order valence-electron chi connectivity index (χ2n) is 10.5. The van der Waals surface area contributed by atoms with E-state index in [4.69, 9.17) is 0 Å². The van der Waals surface area contributed by atoms with E-state index in [9.17, 15) is 27.9 Å². The molecule has 44 heavy (non-hydrogen) atoms. The fraction of sp³-hybridized carbons (Fsp3) is 0.312. The van der Waals surface area contributed by atoms with Gasteiger partial charge in [-0.05, 0) is 49.0 Å². The molecular formula is C32H32F4N4O4. The summed E-state index contributed by atoms with van der Waals surface area (Å²) in [5, 5.41) is 9.22. The molecule has 4 aromatic rings. The highest BCUT2D eigenvalue weighted by Crippen LogP contribution is 2.42. The number of piperazine rings is 1. The van der Waals surface area contributed by atoms with E-state index in [0.717, 1.165) is 41.2 Å². The molecule has 5 rings (SSSR count). The van der Waals surface area contributed by atoms with E-state index >= 15 is 4.39 Å². The Morgan fingerprint density at radius 2 is 1.55 bits per heavy atom. The molecule has 1 aliphatic rings.